The van der Waals surface area contributed by atoms with E-state index in [1.807, 2.05) is 66.7 Å². The van der Waals surface area contributed by atoms with Crippen LogP contribution in [0.2, 0.25) is 5.02 Å². The first-order valence-corrected chi connectivity index (χ1v) is 9.28. The van der Waals surface area contributed by atoms with Crippen molar-refractivity contribution in [2.75, 3.05) is 30.4 Å². The first-order chi connectivity index (χ1) is 13.7. The van der Waals surface area contributed by atoms with Crippen molar-refractivity contribution in [3.05, 3.63) is 83.9 Å². The first-order valence-electron chi connectivity index (χ1n) is 8.90. The predicted octanol–water partition coefficient (Wildman–Crippen LogP) is 4.85. The lowest BCUT2D eigenvalue weighted by molar-refractivity contribution is -0.114. The van der Waals surface area contributed by atoms with Crippen molar-refractivity contribution in [1.29, 1.82) is 0 Å². The second-order valence-corrected chi connectivity index (χ2v) is 6.29. The number of carbonyl (C=O) groups excluding carboxylic acids is 1. The summed E-state index contributed by atoms with van der Waals surface area (Å²) in [5, 5.41) is 6.36. The van der Waals surface area contributed by atoms with E-state index in [0.29, 0.717) is 29.7 Å². The number of carbonyl (C=O) groups is 1. The van der Waals surface area contributed by atoms with Crippen LogP contribution in [0.15, 0.2) is 78.9 Å². The highest BCUT2D eigenvalue weighted by atomic mass is 35.5. The Balaban J connectivity index is 1.48. The van der Waals surface area contributed by atoms with Crippen molar-refractivity contribution in [2.24, 2.45) is 0 Å². The van der Waals surface area contributed by atoms with Gasteiger partial charge in [0.1, 0.15) is 24.7 Å². The number of hydrogen-bond acceptors (Lipinski definition) is 4. The van der Waals surface area contributed by atoms with Crippen LogP contribution >= 0.6 is 11.6 Å². The van der Waals surface area contributed by atoms with Crippen molar-refractivity contribution in [2.45, 2.75) is 0 Å². The summed E-state index contributed by atoms with van der Waals surface area (Å²) in [7, 11) is 0. The van der Waals surface area contributed by atoms with Gasteiger partial charge in [-0.3, -0.25) is 4.79 Å². The SMILES string of the molecule is O=C(CNc1ccccc1OCCOc1ccccc1)Nc1ccccc1Cl. The molecule has 0 saturated heterocycles. The maximum atomic E-state index is 12.2. The van der Waals surface area contributed by atoms with Crippen LogP contribution < -0.4 is 20.1 Å². The Morgan fingerprint density at radius 3 is 2.21 bits per heavy atom. The maximum Gasteiger partial charge on any atom is 0.243 e. The van der Waals surface area contributed by atoms with Crippen LogP contribution in [0.4, 0.5) is 11.4 Å². The number of ether oxygens (including phenoxy) is 2. The van der Waals surface area contributed by atoms with E-state index in [1.54, 1.807) is 12.1 Å². The molecule has 5 nitrogen and oxygen atoms in total. The summed E-state index contributed by atoms with van der Waals surface area (Å²) >= 11 is 6.06. The smallest absolute Gasteiger partial charge is 0.243 e. The molecule has 3 aromatic carbocycles. The number of para-hydroxylation sites is 4. The Morgan fingerprint density at radius 1 is 0.786 bits per heavy atom. The molecule has 0 fully saturated rings. The molecule has 0 heterocycles. The summed E-state index contributed by atoms with van der Waals surface area (Å²) in [6, 6.07) is 24.1. The van der Waals surface area contributed by atoms with Crippen LogP contribution in [0.25, 0.3) is 0 Å². The number of nitrogens with one attached hydrogen (secondary N) is 2. The monoisotopic (exact) mass is 396 g/mol. The normalized spacial score (nSPS) is 10.2. The molecule has 28 heavy (non-hydrogen) atoms. The maximum absolute atomic E-state index is 12.2. The molecule has 0 aliphatic carbocycles. The van der Waals surface area contributed by atoms with Gasteiger partial charge in [-0.25, -0.2) is 0 Å². The van der Waals surface area contributed by atoms with E-state index >= 15 is 0 Å². The number of benzene rings is 3. The van der Waals surface area contributed by atoms with Gasteiger partial charge in [0.2, 0.25) is 5.91 Å². The number of anilines is 2. The number of rotatable bonds is 9. The molecule has 0 radical (unpaired) electrons. The van der Waals surface area contributed by atoms with Gasteiger partial charge >= 0.3 is 0 Å². The van der Waals surface area contributed by atoms with E-state index in [4.69, 9.17) is 21.1 Å². The second kappa shape index (κ2) is 10.2. The van der Waals surface area contributed by atoms with Crippen LogP contribution in [0.5, 0.6) is 11.5 Å². The standard InChI is InChI=1S/C22H21ClN2O3/c23-18-10-4-5-11-19(18)25-22(26)16-24-20-12-6-7-13-21(20)28-15-14-27-17-8-2-1-3-9-17/h1-13,24H,14-16H2,(H,25,26). The average Bonchev–Trinajstić information content (AvgIpc) is 2.73. The molecule has 144 valence electrons. The summed E-state index contributed by atoms with van der Waals surface area (Å²) in [6.45, 7) is 0.900. The van der Waals surface area contributed by atoms with E-state index in [0.717, 1.165) is 11.4 Å². The molecule has 0 saturated carbocycles. The van der Waals surface area contributed by atoms with Crippen LogP contribution in [0.1, 0.15) is 0 Å². The largest absolute Gasteiger partial charge is 0.490 e. The lowest BCUT2D eigenvalue weighted by Crippen LogP contribution is -2.22. The second-order valence-electron chi connectivity index (χ2n) is 5.89. The summed E-state index contributed by atoms with van der Waals surface area (Å²) in [4.78, 5) is 12.2. The van der Waals surface area contributed by atoms with Crippen molar-refractivity contribution in [3.8, 4) is 11.5 Å². The number of hydrogen-bond donors (Lipinski definition) is 2. The fraction of sp³-hybridized carbons (Fsp3) is 0.136. The van der Waals surface area contributed by atoms with Gasteiger partial charge in [-0.2, -0.15) is 0 Å². The summed E-state index contributed by atoms with van der Waals surface area (Å²) in [6.07, 6.45) is 0. The zero-order valence-electron chi connectivity index (χ0n) is 15.2. The number of halogens is 1. The van der Waals surface area contributed by atoms with Gasteiger partial charge in [0, 0.05) is 0 Å². The van der Waals surface area contributed by atoms with Crippen molar-refractivity contribution in [1.82, 2.24) is 0 Å². The highest BCUT2D eigenvalue weighted by molar-refractivity contribution is 6.33. The lowest BCUT2D eigenvalue weighted by atomic mass is 10.3. The Kier molecular flexibility index (Phi) is 7.15. The zero-order chi connectivity index (χ0) is 19.6. The third kappa shape index (κ3) is 5.93. The third-order valence-electron chi connectivity index (χ3n) is 3.83. The van der Waals surface area contributed by atoms with Crippen LogP contribution in [-0.2, 0) is 4.79 Å². The molecule has 1 amide bonds. The average molecular weight is 397 g/mol. The summed E-state index contributed by atoms with van der Waals surface area (Å²) in [5.41, 5.74) is 1.31. The minimum absolute atomic E-state index is 0.0894. The Hall–Kier alpha value is -3.18. The van der Waals surface area contributed by atoms with E-state index in [-0.39, 0.29) is 12.5 Å². The van der Waals surface area contributed by atoms with E-state index in [2.05, 4.69) is 10.6 Å². The topological polar surface area (TPSA) is 59.6 Å². The molecule has 3 aromatic rings. The van der Waals surface area contributed by atoms with E-state index in [9.17, 15) is 4.79 Å². The van der Waals surface area contributed by atoms with Crippen LogP contribution in [-0.4, -0.2) is 25.7 Å². The van der Waals surface area contributed by atoms with E-state index in [1.165, 1.54) is 0 Å². The minimum atomic E-state index is -0.199. The number of amides is 1. The minimum Gasteiger partial charge on any atom is -0.490 e. The molecule has 0 unspecified atom stereocenters. The van der Waals surface area contributed by atoms with E-state index < -0.39 is 0 Å². The van der Waals surface area contributed by atoms with Gasteiger partial charge in [0.25, 0.3) is 0 Å². The first kappa shape index (κ1) is 19.6. The fourth-order valence-electron chi connectivity index (χ4n) is 2.50. The van der Waals surface area contributed by atoms with Gasteiger partial charge in [0.15, 0.2) is 0 Å². The summed E-state index contributed by atoms with van der Waals surface area (Å²) in [5.74, 6) is 1.26. The fourth-order valence-corrected chi connectivity index (χ4v) is 2.68. The molecule has 0 atom stereocenters. The lowest BCUT2D eigenvalue weighted by Gasteiger charge is -2.14. The molecule has 0 aliphatic rings. The third-order valence-corrected chi connectivity index (χ3v) is 4.16. The van der Waals surface area contributed by atoms with Crippen LogP contribution in [0, 0.1) is 0 Å². The van der Waals surface area contributed by atoms with Gasteiger partial charge in [0.05, 0.1) is 22.9 Å². The predicted molar refractivity (Wildman–Crippen MR) is 112 cm³/mol. The molecular formula is C22H21ClN2O3. The van der Waals surface area contributed by atoms with Gasteiger partial charge in [-0.15, -0.1) is 0 Å². The van der Waals surface area contributed by atoms with Crippen molar-refractivity contribution in [3.63, 3.8) is 0 Å². The molecule has 6 heteroatoms. The molecular weight excluding hydrogens is 376 g/mol. The van der Waals surface area contributed by atoms with Gasteiger partial charge in [-0.05, 0) is 36.4 Å². The Bertz CT molecular complexity index is 903. The molecule has 0 aliphatic heterocycles. The zero-order valence-corrected chi connectivity index (χ0v) is 16.0. The van der Waals surface area contributed by atoms with Crippen molar-refractivity contribution < 1.29 is 14.3 Å². The van der Waals surface area contributed by atoms with Crippen LogP contribution in [0.3, 0.4) is 0 Å². The molecule has 0 spiro atoms. The molecule has 0 bridgehead atoms. The van der Waals surface area contributed by atoms with Gasteiger partial charge < -0.3 is 20.1 Å². The Morgan fingerprint density at radius 2 is 1.43 bits per heavy atom. The molecule has 2 N–H and O–H groups in total. The highest BCUT2D eigenvalue weighted by Gasteiger charge is 2.08. The Labute approximate surface area is 169 Å². The quantitative estimate of drug-likeness (QED) is 0.508. The van der Waals surface area contributed by atoms with Gasteiger partial charge in [-0.1, -0.05) is 54.1 Å². The summed E-state index contributed by atoms with van der Waals surface area (Å²) < 4.78 is 11.4. The highest BCUT2D eigenvalue weighted by Crippen LogP contribution is 2.24. The molecule has 0 aromatic heterocycles. The molecule has 3 rings (SSSR count). The van der Waals surface area contributed by atoms with Crippen molar-refractivity contribution >= 4 is 28.9 Å².